The molecule has 0 saturated heterocycles. The molecule has 132 valence electrons. The molecule has 1 N–H and O–H groups in total. The van der Waals surface area contributed by atoms with Crippen molar-refractivity contribution in [2.75, 3.05) is 19.6 Å². The zero-order valence-electron chi connectivity index (χ0n) is 14.3. The highest BCUT2D eigenvalue weighted by molar-refractivity contribution is 7.21. The van der Waals surface area contributed by atoms with E-state index in [0.717, 1.165) is 28.7 Å². The largest absolute Gasteiger partial charge is 0.468 e. The normalized spacial score (nSPS) is 12.4. The van der Waals surface area contributed by atoms with E-state index >= 15 is 0 Å². The first-order chi connectivity index (χ1) is 12.2. The van der Waals surface area contributed by atoms with Crippen LogP contribution in [0, 0.1) is 0 Å². The maximum atomic E-state index is 12.5. The first-order valence-corrected chi connectivity index (χ1v) is 9.97. The number of hydrogen-bond acceptors (Lipinski definition) is 6. The Morgan fingerprint density at radius 1 is 1.32 bits per heavy atom. The first-order valence-electron chi connectivity index (χ1n) is 8.28. The molecule has 1 unspecified atom stereocenters. The monoisotopic (exact) mass is 375 g/mol. The fraction of sp³-hybridized carbons (Fsp3) is 0.333. The Morgan fingerprint density at radius 2 is 2.16 bits per heavy atom. The van der Waals surface area contributed by atoms with Crippen LogP contribution >= 0.6 is 22.7 Å². The minimum Gasteiger partial charge on any atom is -0.468 e. The number of nitrogens with zero attached hydrogens (tertiary/aromatic N) is 2. The predicted molar refractivity (Wildman–Crippen MR) is 102 cm³/mol. The van der Waals surface area contributed by atoms with Crippen molar-refractivity contribution in [2.24, 2.45) is 0 Å². The number of rotatable bonds is 8. The zero-order chi connectivity index (χ0) is 17.6. The molecule has 0 fully saturated rings. The molecule has 25 heavy (non-hydrogen) atoms. The summed E-state index contributed by atoms with van der Waals surface area (Å²) < 4.78 is 5.57. The van der Waals surface area contributed by atoms with Gasteiger partial charge in [0.05, 0.1) is 23.4 Å². The summed E-state index contributed by atoms with van der Waals surface area (Å²) in [6.45, 7) is 6.50. The summed E-state index contributed by atoms with van der Waals surface area (Å²) >= 11 is 3.04. The number of hydrogen-bond donors (Lipinski definition) is 1. The van der Waals surface area contributed by atoms with Crippen LogP contribution in [0.4, 0.5) is 0 Å². The molecule has 0 aromatic carbocycles. The third kappa shape index (κ3) is 4.18. The lowest BCUT2D eigenvalue weighted by molar-refractivity contribution is 0.0933. The number of thiazole rings is 1. The molecule has 0 saturated carbocycles. The van der Waals surface area contributed by atoms with Crippen LogP contribution in [0.15, 0.2) is 46.5 Å². The molecule has 0 aliphatic rings. The van der Waals surface area contributed by atoms with Crippen LogP contribution in [-0.4, -0.2) is 35.4 Å². The summed E-state index contributed by atoms with van der Waals surface area (Å²) in [5.74, 6) is 0.775. The Balaban J connectivity index is 1.67. The smallest absolute Gasteiger partial charge is 0.263 e. The Labute approximate surface area is 155 Å². The molecule has 0 aliphatic carbocycles. The number of carbonyl (C=O) groups excluding carboxylic acids is 1. The van der Waals surface area contributed by atoms with E-state index in [0.29, 0.717) is 11.4 Å². The van der Waals surface area contributed by atoms with E-state index in [4.69, 9.17) is 4.42 Å². The first kappa shape index (κ1) is 17.8. The molecule has 1 amide bonds. The van der Waals surface area contributed by atoms with E-state index in [-0.39, 0.29) is 11.9 Å². The molecule has 0 bridgehead atoms. The molecule has 3 heterocycles. The lowest BCUT2D eigenvalue weighted by Crippen LogP contribution is -2.37. The van der Waals surface area contributed by atoms with Gasteiger partial charge in [0.2, 0.25) is 0 Å². The summed E-state index contributed by atoms with van der Waals surface area (Å²) in [5, 5.41) is 5.92. The van der Waals surface area contributed by atoms with Crippen LogP contribution in [0.2, 0.25) is 0 Å². The van der Waals surface area contributed by atoms with Gasteiger partial charge >= 0.3 is 0 Å². The van der Waals surface area contributed by atoms with Crippen molar-refractivity contribution in [2.45, 2.75) is 19.9 Å². The fourth-order valence-electron chi connectivity index (χ4n) is 2.72. The van der Waals surface area contributed by atoms with E-state index in [2.05, 4.69) is 29.0 Å². The summed E-state index contributed by atoms with van der Waals surface area (Å²) in [4.78, 5) is 20.9. The molecular weight excluding hydrogens is 354 g/mol. The van der Waals surface area contributed by atoms with Gasteiger partial charge in [0.25, 0.3) is 5.91 Å². The number of carbonyl (C=O) groups is 1. The van der Waals surface area contributed by atoms with Crippen molar-refractivity contribution in [3.63, 3.8) is 0 Å². The van der Waals surface area contributed by atoms with Gasteiger partial charge in [-0.1, -0.05) is 19.9 Å². The van der Waals surface area contributed by atoms with E-state index in [9.17, 15) is 4.79 Å². The molecule has 1 atom stereocenters. The topological polar surface area (TPSA) is 58.4 Å². The summed E-state index contributed by atoms with van der Waals surface area (Å²) in [7, 11) is 0. The molecule has 0 spiro atoms. The van der Waals surface area contributed by atoms with E-state index in [1.54, 1.807) is 23.8 Å². The minimum absolute atomic E-state index is 0.0265. The third-order valence-corrected chi connectivity index (χ3v) is 6.08. The number of furan rings is 1. The molecule has 7 heteroatoms. The number of thiophene rings is 1. The predicted octanol–water partition coefficient (Wildman–Crippen LogP) is 4.28. The van der Waals surface area contributed by atoms with E-state index in [1.165, 1.54) is 11.3 Å². The molecule has 3 aromatic heterocycles. The zero-order valence-corrected chi connectivity index (χ0v) is 15.9. The maximum absolute atomic E-state index is 12.5. The Morgan fingerprint density at radius 3 is 2.80 bits per heavy atom. The maximum Gasteiger partial charge on any atom is 0.263 e. The van der Waals surface area contributed by atoms with Crippen molar-refractivity contribution in [1.29, 1.82) is 0 Å². The lowest BCUT2D eigenvalue weighted by atomic mass is 10.2. The van der Waals surface area contributed by atoms with Crippen LogP contribution in [-0.2, 0) is 0 Å². The Hall–Kier alpha value is -1.96. The Bertz CT molecular complexity index is 777. The fourth-order valence-corrected chi connectivity index (χ4v) is 4.36. The van der Waals surface area contributed by atoms with Crippen molar-refractivity contribution in [3.8, 4) is 9.88 Å². The average molecular weight is 376 g/mol. The van der Waals surface area contributed by atoms with Gasteiger partial charge in [-0.05, 0) is 36.7 Å². The van der Waals surface area contributed by atoms with Gasteiger partial charge in [-0.3, -0.25) is 9.69 Å². The van der Waals surface area contributed by atoms with Crippen LogP contribution in [0.3, 0.4) is 0 Å². The van der Waals surface area contributed by atoms with Gasteiger partial charge < -0.3 is 9.73 Å². The highest BCUT2D eigenvalue weighted by Gasteiger charge is 2.22. The second-order valence-electron chi connectivity index (χ2n) is 5.47. The van der Waals surface area contributed by atoms with E-state index < -0.39 is 0 Å². The van der Waals surface area contributed by atoms with Gasteiger partial charge in [-0.25, -0.2) is 4.98 Å². The number of aromatic nitrogens is 1. The van der Waals surface area contributed by atoms with Gasteiger partial charge in [-0.2, -0.15) is 0 Å². The highest BCUT2D eigenvalue weighted by Crippen LogP contribution is 2.29. The number of nitrogens with one attached hydrogen (secondary N) is 1. The number of likely N-dealkylation sites (N-methyl/N-ethyl adjacent to an activating group) is 1. The molecule has 5 nitrogen and oxygen atoms in total. The summed E-state index contributed by atoms with van der Waals surface area (Å²) in [6.07, 6.45) is 3.32. The second-order valence-corrected chi connectivity index (χ2v) is 7.45. The van der Waals surface area contributed by atoms with Gasteiger partial charge in [0, 0.05) is 6.54 Å². The molecule has 0 radical (unpaired) electrons. The lowest BCUT2D eigenvalue weighted by Gasteiger charge is -2.28. The summed E-state index contributed by atoms with van der Waals surface area (Å²) in [5.41, 5.74) is 0. The van der Waals surface area contributed by atoms with Crippen LogP contribution in [0.5, 0.6) is 0 Å². The van der Waals surface area contributed by atoms with E-state index in [1.807, 2.05) is 29.6 Å². The molecular formula is C18H21N3O2S2. The van der Waals surface area contributed by atoms with Crippen LogP contribution in [0.25, 0.3) is 9.88 Å². The standard InChI is InChI=1S/C18H21N3O2S2/c1-3-21(4-2)13(14-7-5-9-23-14)11-19-17(22)16-12-20-18(25-16)15-8-6-10-24-15/h5-10,12-13H,3-4,11H2,1-2H3,(H,19,22). The SMILES string of the molecule is CCN(CC)C(CNC(=O)c1cnc(-c2cccs2)s1)c1ccco1. The van der Waals surface area contributed by atoms with Crippen molar-refractivity contribution < 1.29 is 9.21 Å². The number of amides is 1. The quantitative estimate of drug-likeness (QED) is 0.638. The van der Waals surface area contributed by atoms with Crippen molar-refractivity contribution >= 4 is 28.6 Å². The second kappa shape index (κ2) is 8.42. The Kier molecular flexibility index (Phi) is 6.01. The average Bonchev–Trinajstić information content (AvgIpc) is 3.39. The van der Waals surface area contributed by atoms with Gasteiger partial charge in [-0.15, -0.1) is 22.7 Å². The minimum atomic E-state index is -0.0935. The van der Waals surface area contributed by atoms with Gasteiger partial charge in [0.1, 0.15) is 15.6 Å². The van der Waals surface area contributed by atoms with Crippen molar-refractivity contribution in [3.05, 3.63) is 52.7 Å². The van der Waals surface area contributed by atoms with Crippen LogP contribution in [0.1, 0.15) is 35.3 Å². The highest BCUT2D eigenvalue weighted by atomic mass is 32.1. The molecule has 3 rings (SSSR count). The third-order valence-electron chi connectivity index (χ3n) is 4.04. The van der Waals surface area contributed by atoms with Gasteiger partial charge in [0.15, 0.2) is 0 Å². The van der Waals surface area contributed by atoms with Crippen molar-refractivity contribution in [1.82, 2.24) is 15.2 Å². The molecule has 3 aromatic rings. The summed E-state index contributed by atoms with van der Waals surface area (Å²) in [6, 6.07) is 7.86. The van der Waals surface area contributed by atoms with Crippen LogP contribution < -0.4 is 5.32 Å². The molecule has 0 aliphatic heterocycles.